The van der Waals surface area contributed by atoms with Gasteiger partial charge in [0.1, 0.15) is 6.61 Å². The second-order valence-corrected chi connectivity index (χ2v) is 8.16. The fraction of sp³-hybridized carbons (Fsp3) is 0.400. The minimum atomic E-state index is 0.388. The lowest BCUT2D eigenvalue weighted by molar-refractivity contribution is 0.284. The lowest BCUT2D eigenvalue weighted by Gasteiger charge is -2.16. The van der Waals surface area contributed by atoms with E-state index in [1.54, 1.807) is 13.2 Å². The highest BCUT2D eigenvalue weighted by Gasteiger charge is 2.16. The summed E-state index contributed by atoms with van der Waals surface area (Å²) in [7, 11) is 1.66. The summed E-state index contributed by atoms with van der Waals surface area (Å²) < 4.78 is 12.5. The average molecular weight is 459 g/mol. The summed E-state index contributed by atoms with van der Waals surface area (Å²) in [5, 5.41) is 4.68. The van der Waals surface area contributed by atoms with Crippen LogP contribution in [0.2, 0.25) is 10.0 Å². The van der Waals surface area contributed by atoms with Gasteiger partial charge in [0.05, 0.1) is 17.2 Å². The molecule has 0 unspecified atom stereocenters. The fourth-order valence-corrected chi connectivity index (χ4v) is 3.94. The predicted octanol–water partition coefficient (Wildman–Crippen LogP) is 6.38. The summed E-state index contributed by atoms with van der Waals surface area (Å²) in [5.41, 5.74) is 2.11. The zero-order valence-electron chi connectivity index (χ0n) is 14.7. The van der Waals surface area contributed by atoms with Crippen LogP contribution in [0, 0.1) is 0 Å². The summed E-state index contributed by atoms with van der Waals surface area (Å²) in [6.07, 6.45) is 5.17. The van der Waals surface area contributed by atoms with Gasteiger partial charge >= 0.3 is 0 Å². The highest BCUT2D eigenvalue weighted by molar-refractivity contribution is 9.10. The van der Waals surface area contributed by atoms with Crippen LogP contribution >= 0.6 is 39.1 Å². The molecule has 0 aromatic heterocycles. The summed E-state index contributed by atoms with van der Waals surface area (Å²) in [4.78, 5) is 0. The van der Waals surface area contributed by atoms with Crippen LogP contribution in [0.3, 0.4) is 0 Å². The SMILES string of the molecule is COc1cc(CNC2CCCC2)c(Br)cc1OCc1ccc(Cl)c(Cl)c1. The molecule has 0 spiro atoms. The Morgan fingerprint density at radius 1 is 1.08 bits per heavy atom. The topological polar surface area (TPSA) is 30.5 Å². The maximum absolute atomic E-state index is 6.06. The lowest BCUT2D eigenvalue weighted by Crippen LogP contribution is -2.25. The van der Waals surface area contributed by atoms with E-state index in [0.717, 1.165) is 27.9 Å². The number of rotatable bonds is 7. The number of methoxy groups -OCH3 is 1. The molecular formula is C20H22BrCl2NO2. The molecule has 0 atom stereocenters. The molecule has 2 aromatic rings. The number of ether oxygens (including phenoxy) is 2. The van der Waals surface area contributed by atoms with Crippen molar-refractivity contribution in [3.8, 4) is 11.5 Å². The van der Waals surface area contributed by atoms with E-state index in [-0.39, 0.29) is 0 Å². The maximum atomic E-state index is 6.06. The third-order valence-corrected chi connectivity index (χ3v) is 6.12. The maximum Gasteiger partial charge on any atom is 0.162 e. The van der Waals surface area contributed by atoms with Gasteiger partial charge in [0.2, 0.25) is 0 Å². The highest BCUT2D eigenvalue weighted by Crippen LogP contribution is 2.34. The van der Waals surface area contributed by atoms with Crippen LogP contribution in [0.25, 0.3) is 0 Å². The van der Waals surface area contributed by atoms with Crippen LogP contribution in [0.15, 0.2) is 34.8 Å². The molecule has 0 aliphatic heterocycles. The van der Waals surface area contributed by atoms with Crippen LogP contribution in [-0.2, 0) is 13.2 Å². The summed E-state index contributed by atoms with van der Waals surface area (Å²) in [6.45, 7) is 1.20. The van der Waals surface area contributed by atoms with Crippen molar-refractivity contribution in [2.75, 3.05) is 7.11 Å². The van der Waals surface area contributed by atoms with Gasteiger partial charge in [0.25, 0.3) is 0 Å². The summed E-state index contributed by atoms with van der Waals surface area (Å²) in [6, 6.07) is 10.1. The number of nitrogens with one attached hydrogen (secondary N) is 1. The molecule has 0 bridgehead atoms. The fourth-order valence-electron chi connectivity index (χ4n) is 3.16. The zero-order chi connectivity index (χ0) is 18.5. The Morgan fingerprint density at radius 3 is 2.54 bits per heavy atom. The zero-order valence-corrected chi connectivity index (χ0v) is 17.8. The summed E-state index contributed by atoms with van der Waals surface area (Å²) >= 11 is 15.7. The first kappa shape index (κ1) is 19.8. The smallest absolute Gasteiger partial charge is 0.162 e. The third-order valence-electron chi connectivity index (χ3n) is 4.65. The van der Waals surface area contributed by atoms with Crippen LogP contribution in [0.5, 0.6) is 11.5 Å². The first-order valence-electron chi connectivity index (χ1n) is 8.73. The third kappa shape index (κ3) is 5.07. The Bertz CT molecular complexity index is 764. The van der Waals surface area contributed by atoms with E-state index < -0.39 is 0 Å². The Balaban J connectivity index is 1.68. The minimum absolute atomic E-state index is 0.388. The molecule has 0 saturated heterocycles. The highest BCUT2D eigenvalue weighted by atomic mass is 79.9. The Labute approximate surface area is 173 Å². The molecule has 1 saturated carbocycles. The van der Waals surface area contributed by atoms with E-state index in [1.165, 1.54) is 25.7 Å². The van der Waals surface area contributed by atoms with Gasteiger partial charge in [-0.1, -0.05) is 58.0 Å². The van der Waals surface area contributed by atoms with Crippen molar-refractivity contribution in [3.63, 3.8) is 0 Å². The standard InChI is InChI=1S/C20H22BrCl2NO2/c1-25-19-9-14(11-24-15-4-2-3-5-15)16(21)10-20(19)26-12-13-6-7-17(22)18(23)8-13/h6-10,15,24H,2-5,11-12H2,1H3. The molecule has 0 heterocycles. The summed E-state index contributed by atoms with van der Waals surface area (Å²) in [5.74, 6) is 1.41. The average Bonchev–Trinajstić information content (AvgIpc) is 3.15. The van der Waals surface area contributed by atoms with E-state index >= 15 is 0 Å². The quantitative estimate of drug-likeness (QED) is 0.522. The van der Waals surface area contributed by atoms with Gasteiger partial charge in [-0.05, 0) is 48.2 Å². The molecule has 0 radical (unpaired) electrons. The molecular weight excluding hydrogens is 437 g/mol. The van der Waals surface area contributed by atoms with Crippen LogP contribution in [0.4, 0.5) is 0 Å². The van der Waals surface area contributed by atoms with E-state index in [4.69, 9.17) is 32.7 Å². The first-order valence-corrected chi connectivity index (χ1v) is 10.3. The van der Waals surface area contributed by atoms with E-state index in [0.29, 0.717) is 28.4 Å². The molecule has 140 valence electrons. The van der Waals surface area contributed by atoms with Gasteiger partial charge in [0.15, 0.2) is 11.5 Å². The predicted molar refractivity (Wildman–Crippen MR) is 111 cm³/mol. The van der Waals surface area contributed by atoms with Crippen LogP contribution in [0.1, 0.15) is 36.8 Å². The normalized spacial score (nSPS) is 14.6. The van der Waals surface area contributed by atoms with Gasteiger partial charge in [-0.25, -0.2) is 0 Å². The number of hydrogen-bond donors (Lipinski definition) is 1. The molecule has 1 aliphatic rings. The molecule has 2 aromatic carbocycles. The van der Waals surface area contributed by atoms with Gasteiger partial charge in [-0.3, -0.25) is 0 Å². The lowest BCUT2D eigenvalue weighted by atomic mass is 10.1. The second kappa shape index (κ2) is 9.32. The van der Waals surface area contributed by atoms with Gasteiger partial charge < -0.3 is 14.8 Å². The van der Waals surface area contributed by atoms with Crippen molar-refractivity contribution in [1.29, 1.82) is 0 Å². The van der Waals surface area contributed by atoms with Crippen molar-refractivity contribution in [2.45, 2.75) is 44.9 Å². The largest absolute Gasteiger partial charge is 0.493 e. The molecule has 1 fully saturated rings. The molecule has 3 nitrogen and oxygen atoms in total. The van der Waals surface area contributed by atoms with Crippen molar-refractivity contribution < 1.29 is 9.47 Å². The Morgan fingerprint density at radius 2 is 1.85 bits per heavy atom. The molecule has 3 rings (SSSR count). The van der Waals surface area contributed by atoms with Crippen molar-refractivity contribution >= 4 is 39.1 Å². The van der Waals surface area contributed by atoms with E-state index in [1.807, 2.05) is 24.3 Å². The molecule has 26 heavy (non-hydrogen) atoms. The van der Waals surface area contributed by atoms with Crippen molar-refractivity contribution in [3.05, 3.63) is 56.0 Å². The number of halogens is 3. The van der Waals surface area contributed by atoms with Crippen molar-refractivity contribution in [2.24, 2.45) is 0 Å². The molecule has 1 aliphatic carbocycles. The number of hydrogen-bond acceptors (Lipinski definition) is 3. The second-order valence-electron chi connectivity index (χ2n) is 6.49. The monoisotopic (exact) mass is 457 g/mol. The molecule has 0 amide bonds. The molecule has 6 heteroatoms. The van der Waals surface area contributed by atoms with E-state index in [2.05, 4.69) is 21.2 Å². The minimum Gasteiger partial charge on any atom is -0.493 e. The van der Waals surface area contributed by atoms with Crippen LogP contribution < -0.4 is 14.8 Å². The molecule has 1 N–H and O–H groups in total. The Kier molecular flexibility index (Phi) is 7.10. The first-order chi connectivity index (χ1) is 12.6. The number of benzene rings is 2. The van der Waals surface area contributed by atoms with Gasteiger partial charge in [-0.2, -0.15) is 0 Å². The van der Waals surface area contributed by atoms with Gasteiger partial charge in [-0.15, -0.1) is 0 Å². The van der Waals surface area contributed by atoms with Gasteiger partial charge in [0, 0.05) is 17.1 Å². The van der Waals surface area contributed by atoms with Crippen molar-refractivity contribution in [1.82, 2.24) is 5.32 Å². The van der Waals surface area contributed by atoms with E-state index in [9.17, 15) is 0 Å². The van der Waals surface area contributed by atoms with Crippen LogP contribution in [-0.4, -0.2) is 13.2 Å². The Hall–Kier alpha value is -0.940.